The molecule has 1 saturated carbocycles. The fraction of sp³-hybridized carbons (Fsp3) is 0.519. The maximum absolute atomic E-state index is 13.5. The Kier molecular flexibility index (Phi) is 6.44. The summed E-state index contributed by atoms with van der Waals surface area (Å²) in [5, 5.41) is 0. The summed E-state index contributed by atoms with van der Waals surface area (Å²) in [6.45, 7) is 3.59. The number of carbonyl (C=O) groups excluding carboxylic acids is 1. The van der Waals surface area contributed by atoms with Crippen LogP contribution in [0.1, 0.15) is 49.7 Å². The molecule has 32 heavy (non-hydrogen) atoms. The van der Waals surface area contributed by atoms with E-state index in [9.17, 15) is 9.18 Å². The highest BCUT2D eigenvalue weighted by molar-refractivity contribution is 5.79. The zero-order valence-electron chi connectivity index (χ0n) is 18.7. The van der Waals surface area contributed by atoms with Crippen LogP contribution in [-0.4, -0.2) is 47.5 Å². The molecule has 0 radical (unpaired) electrons. The fourth-order valence-corrected chi connectivity index (χ4v) is 5.17. The third-order valence-electron chi connectivity index (χ3n) is 7.28. The molecule has 3 fully saturated rings. The maximum atomic E-state index is 13.5. The van der Waals surface area contributed by atoms with Gasteiger partial charge in [0, 0.05) is 25.2 Å². The van der Waals surface area contributed by atoms with Crippen LogP contribution in [0.5, 0.6) is 5.75 Å². The van der Waals surface area contributed by atoms with Crippen molar-refractivity contribution in [1.29, 1.82) is 0 Å². The number of amides is 1. The molecule has 2 atom stereocenters. The summed E-state index contributed by atoms with van der Waals surface area (Å²) >= 11 is 0. The fourth-order valence-electron chi connectivity index (χ4n) is 5.17. The number of fused-ring (bicyclic) bond motifs is 1. The van der Waals surface area contributed by atoms with Gasteiger partial charge in [-0.1, -0.05) is 24.3 Å². The summed E-state index contributed by atoms with van der Waals surface area (Å²) in [6.07, 6.45) is 7.48. The number of ether oxygens (including phenoxy) is 1. The van der Waals surface area contributed by atoms with Crippen molar-refractivity contribution in [3.8, 4) is 5.75 Å². The van der Waals surface area contributed by atoms with Gasteiger partial charge in [0.2, 0.25) is 5.91 Å². The molecule has 170 valence electrons. The van der Waals surface area contributed by atoms with E-state index in [2.05, 4.69) is 9.80 Å². The summed E-state index contributed by atoms with van der Waals surface area (Å²) in [6, 6.07) is 15.4. The maximum Gasteiger partial charge on any atom is 0.227 e. The monoisotopic (exact) mass is 436 g/mol. The van der Waals surface area contributed by atoms with Gasteiger partial charge < -0.3 is 14.5 Å². The highest BCUT2D eigenvalue weighted by Gasteiger charge is 2.35. The lowest BCUT2D eigenvalue weighted by molar-refractivity contribution is -0.134. The molecular formula is C27H33FN2O2. The van der Waals surface area contributed by atoms with Crippen LogP contribution in [0.3, 0.4) is 0 Å². The van der Waals surface area contributed by atoms with Gasteiger partial charge in [-0.2, -0.15) is 0 Å². The Morgan fingerprint density at radius 2 is 1.72 bits per heavy atom. The van der Waals surface area contributed by atoms with Crippen molar-refractivity contribution in [1.82, 2.24) is 9.80 Å². The van der Waals surface area contributed by atoms with Crippen LogP contribution in [0, 0.1) is 11.7 Å². The smallest absolute Gasteiger partial charge is 0.227 e. The molecule has 4 nitrogen and oxygen atoms in total. The van der Waals surface area contributed by atoms with Crippen LogP contribution >= 0.6 is 0 Å². The van der Waals surface area contributed by atoms with E-state index in [0.717, 1.165) is 48.8 Å². The Balaban J connectivity index is 1.27. The van der Waals surface area contributed by atoms with Gasteiger partial charge in [-0.3, -0.25) is 4.79 Å². The minimum atomic E-state index is -0.241. The molecule has 1 amide bonds. The molecule has 0 N–H and O–H groups in total. The summed E-state index contributed by atoms with van der Waals surface area (Å²) in [4.78, 5) is 18.1. The highest BCUT2D eigenvalue weighted by Crippen LogP contribution is 2.31. The second-order valence-electron chi connectivity index (χ2n) is 9.73. The molecule has 0 spiro atoms. The Morgan fingerprint density at radius 3 is 2.47 bits per heavy atom. The first kappa shape index (κ1) is 21.4. The van der Waals surface area contributed by atoms with Crippen LogP contribution in [-0.2, 0) is 17.8 Å². The molecule has 2 unspecified atom stereocenters. The van der Waals surface area contributed by atoms with Gasteiger partial charge in [-0.25, -0.2) is 4.39 Å². The lowest BCUT2D eigenvalue weighted by Crippen LogP contribution is -2.49. The molecule has 5 rings (SSSR count). The number of carbonyl (C=O) groups is 1. The summed E-state index contributed by atoms with van der Waals surface area (Å²) in [5.41, 5.74) is 1.99. The SMILES string of the molecule is O=C(Cc1ccc(OCC2CC2)cc1)N(Cc1ccc(F)cc1)C1CCN2CCCC2C1. The normalized spacial score (nSPS) is 23.0. The zero-order valence-corrected chi connectivity index (χ0v) is 18.7. The van der Waals surface area contributed by atoms with E-state index in [-0.39, 0.29) is 17.8 Å². The molecule has 2 saturated heterocycles. The summed E-state index contributed by atoms with van der Waals surface area (Å²) in [5.74, 6) is 1.51. The van der Waals surface area contributed by atoms with E-state index < -0.39 is 0 Å². The molecule has 3 aliphatic rings. The van der Waals surface area contributed by atoms with E-state index in [1.54, 1.807) is 12.1 Å². The predicted octanol–water partition coefficient (Wildman–Crippen LogP) is 4.81. The quantitative estimate of drug-likeness (QED) is 0.595. The van der Waals surface area contributed by atoms with Gasteiger partial charge in [-0.15, -0.1) is 0 Å². The molecule has 2 aromatic rings. The van der Waals surface area contributed by atoms with Gasteiger partial charge in [0.1, 0.15) is 11.6 Å². The number of halogens is 1. The Labute approximate surface area is 190 Å². The summed E-state index contributed by atoms with van der Waals surface area (Å²) < 4.78 is 19.2. The third-order valence-corrected chi connectivity index (χ3v) is 7.28. The van der Waals surface area contributed by atoms with E-state index in [1.165, 1.54) is 44.4 Å². The van der Waals surface area contributed by atoms with Crippen molar-refractivity contribution >= 4 is 5.91 Å². The van der Waals surface area contributed by atoms with Gasteiger partial charge >= 0.3 is 0 Å². The number of rotatable bonds is 8. The van der Waals surface area contributed by atoms with Gasteiger partial charge in [0.05, 0.1) is 13.0 Å². The molecule has 2 heterocycles. The van der Waals surface area contributed by atoms with Crippen LogP contribution in [0.15, 0.2) is 48.5 Å². The van der Waals surface area contributed by atoms with Crippen molar-refractivity contribution < 1.29 is 13.9 Å². The standard InChI is InChI=1S/C27H33FN2O2/c28-23-9-5-21(6-10-23)18-30(25-13-15-29-14-1-2-24(29)17-25)27(31)16-20-7-11-26(12-8-20)32-19-22-3-4-22/h5-12,22,24-25H,1-4,13-19H2. The van der Waals surface area contributed by atoms with Crippen molar-refractivity contribution in [2.24, 2.45) is 5.92 Å². The molecule has 0 aromatic heterocycles. The lowest BCUT2D eigenvalue weighted by Gasteiger charge is -2.41. The highest BCUT2D eigenvalue weighted by atomic mass is 19.1. The Morgan fingerprint density at radius 1 is 0.969 bits per heavy atom. The first-order valence-corrected chi connectivity index (χ1v) is 12.1. The zero-order chi connectivity index (χ0) is 21.9. The minimum absolute atomic E-state index is 0.150. The van der Waals surface area contributed by atoms with Crippen molar-refractivity contribution in [3.05, 3.63) is 65.5 Å². The van der Waals surface area contributed by atoms with Gasteiger partial charge in [0.15, 0.2) is 0 Å². The van der Waals surface area contributed by atoms with Crippen LogP contribution in [0.4, 0.5) is 4.39 Å². The van der Waals surface area contributed by atoms with Crippen molar-refractivity contribution in [3.63, 3.8) is 0 Å². The topological polar surface area (TPSA) is 32.8 Å². The van der Waals surface area contributed by atoms with Crippen LogP contribution in [0.25, 0.3) is 0 Å². The van der Waals surface area contributed by atoms with E-state index >= 15 is 0 Å². The largest absolute Gasteiger partial charge is 0.493 e. The van der Waals surface area contributed by atoms with E-state index in [1.807, 2.05) is 24.3 Å². The molecule has 1 aliphatic carbocycles. The number of hydrogen-bond acceptors (Lipinski definition) is 3. The van der Waals surface area contributed by atoms with Crippen LogP contribution in [0.2, 0.25) is 0 Å². The number of benzene rings is 2. The molecule has 2 aromatic carbocycles. The average Bonchev–Trinajstić information content (AvgIpc) is 3.52. The first-order valence-electron chi connectivity index (χ1n) is 12.1. The molecule has 0 bridgehead atoms. The van der Waals surface area contributed by atoms with Gasteiger partial charge in [-0.05, 0) is 86.4 Å². The van der Waals surface area contributed by atoms with E-state index in [0.29, 0.717) is 19.0 Å². The summed E-state index contributed by atoms with van der Waals surface area (Å²) in [7, 11) is 0. The second-order valence-corrected chi connectivity index (χ2v) is 9.73. The number of piperidine rings is 1. The van der Waals surface area contributed by atoms with Gasteiger partial charge in [0.25, 0.3) is 0 Å². The molecule has 5 heteroatoms. The Bertz CT molecular complexity index is 910. The van der Waals surface area contributed by atoms with E-state index in [4.69, 9.17) is 4.74 Å². The van der Waals surface area contributed by atoms with Crippen molar-refractivity contribution in [2.45, 2.75) is 63.6 Å². The van der Waals surface area contributed by atoms with Crippen molar-refractivity contribution in [2.75, 3.05) is 19.7 Å². The van der Waals surface area contributed by atoms with Crippen LogP contribution < -0.4 is 4.74 Å². The molecular weight excluding hydrogens is 403 g/mol. The minimum Gasteiger partial charge on any atom is -0.493 e. The average molecular weight is 437 g/mol. The number of hydrogen-bond donors (Lipinski definition) is 0. The first-order chi connectivity index (χ1) is 15.6. The predicted molar refractivity (Wildman–Crippen MR) is 123 cm³/mol. The second kappa shape index (κ2) is 9.62. The molecule has 2 aliphatic heterocycles. The Hall–Kier alpha value is -2.40. The lowest BCUT2D eigenvalue weighted by atomic mass is 9.95. The third kappa shape index (κ3) is 5.32. The number of nitrogens with zero attached hydrogens (tertiary/aromatic N) is 2.